The molecule has 1 atom stereocenters. The molecule has 1 fully saturated rings. The van der Waals surface area contributed by atoms with E-state index in [1.807, 2.05) is 37.3 Å². The number of carbonyl (C=O) groups excluding carboxylic acids is 2. The molecule has 3 heterocycles. The Morgan fingerprint density at radius 2 is 1.74 bits per heavy atom. The molecule has 2 aliphatic heterocycles. The SMILES string of the molecule is CCC1(c2ccc3c(c2)OCO3)NC(=O)N(CCCCCCOc2c(Cc3ccccc3)cnc3c(C(F)(F)F)cccc23)C1=O. The van der Waals surface area contributed by atoms with Crippen LogP contribution in [0.3, 0.4) is 0 Å². The van der Waals surface area contributed by atoms with Crippen LogP contribution in [0.1, 0.15) is 61.3 Å². The molecular formula is C35H34F3N3O5. The molecule has 1 saturated heterocycles. The third kappa shape index (κ3) is 6.05. The summed E-state index contributed by atoms with van der Waals surface area (Å²) in [5, 5.41) is 3.22. The van der Waals surface area contributed by atoms with Gasteiger partial charge in [0.25, 0.3) is 5.91 Å². The Labute approximate surface area is 264 Å². The van der Waals surface area contributed by atoms with Gasteiger partial charge in [-0.25, -0.2) is 4.79 Å². The van der Waals surface area contributed by atoms with Crippen molar-refractivity contribution in [3.8, 4) is 17.2 Å². The van der Waals surface area contributed by atoms with Gasteiger partial charge >= 0.3 is 12.2 Å². The van der Waals surface area contributed by atoms with Crippen molar-refractivity contribution >= 4 is 22.8 Å². The smallest absolute Gasteiger partial charge is 0.418 e. The summed E-state index contributed by atoms with van der Waals surface area (Å²) in [6.07, 6.45) is 0.497. The third-order valence-corrected chi connectivity index (χ3v) is 8.56. The van der Waals surface area contributed by atoms with E-state index in [9.17, 15) is 22.8 Å². The molecule has 1 aromatic heterocycles. The van der Waals surface area contributed by atoms with Crippen molar-refractivity contribution in [3.05, 3.63) is 95.2 Å². The Morgan fingerprint density at radius 1 is 0.957 bits per heavy atom. The van der Waals surface area contributed by atoms with E-state index in [1.54, 1.807) is 24.3 Å². The van der Waals surface area contributed by atoms with E-state index in [0.717, 1.165) is 24.5 Å². The van der Waals surface area contributed by atoms with Crippen LogP contribution in [0.25, 0.3) is 10.9 Å². The van der Waals surface area contributed by atoms with Crippen molar-refractivity contribution < 1.29 is 37.0 Å². The number of ether oxygens (including phenoxy) is 3. The number of rotatable bonds is 12. The predicted octanol–water partition coefficient (Wildman–Crippen LogP) is 7.37. The Hall–Kier alpha value is -4.80. The number of urea groups is 1. The number of amides is 3. The summed E-state index contributed by atoms with van der Waals surface area (Å²) >= 11 is 0. The summed E-state index contributed by atoms with van der Waals surface area (Å²) in [6.45, 7) is 2.54. The van der Waals surface area contributed by atoms with E-state index in [0.29, 0.717) is 66.1 Å². The van der Waals surface area contributed by atoms with E-state index in [2.05, 4.69) is 10.3 Å². The first kappa shape index (κ1) is 31.2. The number of imide groups is 1. The molecule has 3 aromatic carbocycles. The molecule has 0 aliphatic carbocycles. The average molecular weight is 634 g/mol. The van der Waals surface area contributed by atoms with E-state index in [4.69, 9.17) is 14.2 Å². The lowest BCUT2D eigenvalue weighted by Gasteiger charge is -2.26. The summed E-state index contributed by atoms with van der Waals surface area (Å²) in [5.41, 5.74) is 0.245. The van der Waals surface area contributed by atoms with Crippen molar-refractivity contribution in [3.63, 3.8) is 0 Å². The zero-order chi connectivity index (χ0) is 32.3. The molecule has 0 bridgehead atoms. The standard InChI is InChI=1S/C35H34F3N3O5/c1-2-34(25-15-16-28-29(20-25)46-22-45-28)32(42)41(33(43)40-34)17-8-3-4-9-18-44-31-24(19-23-11-6-5-7-12-23)21-39-30-26(31)13-10-14-27(30)35(36,37)38/h5-7,10-16,20-21H,2-4,8-9,17-19,22H2,1H3,(H,40,43). The van der Waals surface area contributed by atoms with Gasteiger partial charge < -0.3 is 19.5 Å². The summed E-state index contributed by atoms with van der Waals surface area (Å²) in [6, 6.07) is 18.5. The maximum Gasteiger partial charge on any atom is 0.418 e. The van der Waals surface area contributed by atoms with Crippen LogP contribution >= 0.6 is 0 Å². The monoisotopic (exact) mass is 633 g/mol. The van der Waals surface area contributed by atoms with Crippen molar-refractivity contribution in [1.29, 1.82) is 0 Å². The molecule has 1 unspecified atom stereocenters. The number of benzene rings is 3. The van der Waals surface area contributed by atoms with Gasteiger partial charge in [0.1, 0.15) is 11.3 Å². The number of unbranched alkanes of at least 4 members (excludes halogenated alkanes) is 3. The van der Waals surface area contributed by atoms with E-state index < -0.39 is 23.3 Å². The molecule has 2 aliphatic rings. The number of halogens is 3. The first-order valence-corrected chi connectivity index (χ1v) is 15.4. The highest BCUT2D eigenvalue weighted by Gasteiger charge is 2.51. The molecule has 8 nitrogen and oxygen atoms in total. The second kappa shape index (κ2) is 12.9. The number of fused-ring (bicyclic) bond motifs is 2. The average Bonchev–Trinajstić information content (AvgIpc) is 3.62. The molecule has 4 aromatic rings. The number of para-hydroxylation sites is 1. The molecule has 6 rings (SSSR count). The summed E-state index contributed by atoms with van der Waals surface area (Å²) < 4.78 is 58.2. The normalized spacial score (nSPS) is 17.5. The molecule has 0 radical (unpaired) electrons. The number of nitrogens with one attached hydrogen (secondary N) is 1. The van der Waals surface area contributed by atoms with Gasteiger partial charge in [-0.3, -0.25) is 14.7 Å². The van der Waals surface area contributed by atoms with Crippen molar-refractivity contribution in [2.24, 2.45) is 0 Å². The first-order chi connectivity index (χ1) is 22.2. The largest absolute Gasteiger partial charge is 0.493 e. The molecule has 0 saturated carbocycles. The van der Waals surface area contributed by atoms with Gasteiger partial charge in [0.2, 0.25) is 6.79 Å². The fourth-order valence-corrected chi connectivity index (χ4v) is 6.11. The van der Waals surface area contributed by atoms with Gasteiger partial charge in [-0.2, -0.15) is 13.2 Å². The van der Waals surface area contributed by atoms with Crippen LogP contribution in [-0.4, -0.2) is 41.8 Å². The Kier molecular flexibility index (Phi) is 8.75. The van der Waals surface area contributed by atoms with Gasteiger partial charge in [-0.05, 0) is 54.7 Å². The lowest BCUT2D eigenvalue weighted by atomic mass is 9.87. The lowest BCUT2D eigenvalue weighted by molar-refractivity contribution is -0.136. The summed E-state index contributed by atoms with van der Waals surface area (Å²) in [7, 11) is 0. The minimum Gasteiger partial charge on any atom is -0.493 e. The second-order valence-corrected chi connectivity index (χ2v) is 11.5. The zero-order valence-electron chi connectivity index (χ0n) is 25.4. The van der Waals surface area contributed by atoms with E-state index >= 15 is 0 Å². The van der Waals surface area contributed by atoms with Crippen molar-refractivity contribution in [2.45, 2.75) is 57.2 Å². The summed E-state index contributed by atoms with van der Waals surface area (Å²) in [4.78, 5) is 31.9. The van der Waals surface area contributed by atoms with Crippen LogP contribution in [0.2, 0.25) is 0 Å². The first-order valence-electron chi connectivity index (χ1n) is 15.4. The minimum atomic E-state index is -4.54. The van der Waals surface area contributed by atoms with Crippen LogP contribution in [0.4, 0.5) is 18.0 Å². The predicted molar refractivity (Wildman–Crippen MR) is 165 cm³/mol. The Morgan fingerprint density at radius 3 is 2.52 bits per heavy atom. The topological polar surface area (TPSA) is 90.0 Å². The van der Waals surface area contributed by atoms with Crippen molar-refractivity contribution in [2.75, 3.05) is 19.9 Å². The molecule has 1 N–H and O–H groups in total. The number of pyridine rings is 1. The maximum absolute atomic E-state index is 13.7. The number of carbonyl (C=O) groups is 2. The fourth-order valence-electron chi connectivity index (χ4n) is 6.11. The summed E-state index contributed by atoms with van der Waals surface area (Å²) in [5.74, 6) is 1.25. The van der Waals surface area contributed by atoms with Gasteiger partial charge in [-0.15, -0.1) is 0 Å². The maximum atomic E-state index is 13.7. The molecule has 3 amide bonds. The van der Waals surface area contributed by atoms with Gasteiger partial charge in [-0.1, -0.05) is 62.2 Å². The molecule has 240 valence electrons. The number of hydrogen-bond donors (Lipinski definition) is 1. The van der Waals surface area contributed by atoms with Gasteiger partial charge in [0.05, 0.1) is 17.7 Å². The lowest BCUT2D eigenvalue weighted by Crippen LogP contribution is -2.43. The van der Waals surface area contributed by atoms with E-state index in [1.165, 1.54) is 17.2 Å². The molecule has 0 spiro atoms. The Balaban J connectivity index is 1.07. The number of nitrogens with zero attached hydrogens (tertiary/aromatic N) is 2. The number of aromatic nitrogens is 1. The van der Waals surface area contributed by atoms with Gasteiger partial charge in [0.15, 0.2) is 11.5 Å². The molecule has 11 heteroatoms. The highest BCUT2D eigenvalue weighted by atomic mass is 19.4. The van der Waals surface area contributed by atoms with Crippen LogP contribution in [0.15, 0.2) is 72.9 Å². The molecular weight excluding hydrogens is 599 g/mol. The Bertz CT molecular complexity index is 1750. The second-order valence-electron chi connectivity index (χ2n) is 11.5. The van der Waals surface area contributed by atoms with Crippen LogP contribution in [-0.2, 0) is 22.9 Å². The highest BCUT2D eigenvalue weighted by molar-refractivity contribution is 6.07. The van der Waals surface area contributed by atoms with Crippen molar-refractivity contribution in [1.82, 2.24) is 15.2 Å². The van der Waals surface area contributed by atoms with Gasteiger partial charge in [0, 0.05) is 30.1 Å². The molecule has 46 heavy (non-hydrogen) atoms. The van der Waals surface area contributed by atoms with Crippen LogP contribution in [0, 0.1) is 0 Å². The van der Waals surface area contributed by atoms with Crippen LogP contribution in [0.5, 0.6) is 17.2 Å². The quantitative estimate of drug-likeness (QED) is 0.129. The van der Waals surface area contributed by atoms with Crippen LogP contribution < -0.4 is 19.5 Å². The number of alkyl halides is 3. The number of hydrogen-bond acceptors (Lipinski definition) is 6. The third-order valence-electron chi connectivity index (χ3n) is 8.56. The zero-order valence-corrected chi connectivity index (χ0v) is 25.4. The fraction of sp³-hybridized carbons (Fsp3) is 0.343. The van der Waals surface area contributed by atoms with E-state index in [-0.39, 0.29) is 24.8 Å². The highest BCUT2D eigenvalue weighted by Crippen LogP contribution is 2.40. The minimum absolute atomic E-state index is 0.113.